The molecule has 0 aliphatic heterocycles. The first-order valence-electron chi connectivity index (χ1n) is 6.77. The lowest BCUT2D eigenvalue weighted by atomic mass is 10.2. The van der Waals surface area contributed by atoms with Crippen molar-refractivity contribution >= 4 is 68.3 Å². The SMILES string of the molecule is COc1ccc(C(=O)OCC(=O)Nc2c(Cl)cc(Cl)cc2Cl)cc1Br. The fourth-order valence-electron chi connectivity index (χ4n) is 1.84. The third-order valence-corrected chi connectivity index (χ3v) is 4.43. The predicted molar refractivity (Wildman–Crippen MR) is 101 cm³/mol. The topological polar surface area (TPSA) is 64.6 Å². The summed E-state index contributed by atoms with van der Waals surface area (Å²) in [5, 5.41) is 3.17. The Kier molecular flexibility index (Phi) is 6.95. The smallest absolute Gasteiger partial charge is 0.338 e. The number of hydrogen-bond donors (Lipinski definition) is 1. The quantitative estimate of drug-likeness (QED) is 0.613. The van der Waals surface area contributed by atoms with Crippen molar-refractivity contribution in [1.82, 2.24) is 0 Å². The predicted octanol–water partition coefficient (Wildman–Crippen LogP) is 5.21. The Bertz CT molecular complexity index is 806. The number of ether oxygens (including phenoxy) is 2. The van der Waals surface area contributed by atoms with E-state index < -0.39 is 18.5 Å². The van der Waals surface area contributed by atoms with E-state index in [1.807, 2.05) is 0 Å². The number of anilines is 1. The van der Waals surface area contributed by atoms with E-state index in [9.17, 15) is 9.59 Å². The van der Waals surface area contributed by atoms with Gasteiger partial charge < -0.3 is 14.8 Å². The first kappa shape index (κ1) is 19.8. The fraction of sp³-hybridized carbons (Fsp3) is 0.125. The van der Waals surface area contributed by atoms with Crippen LogP contribution in [0.1, 0.15) is 10.4 Å². The maximum Gasteiger partial charge on any atom is 0.338 e. The molecular weight excluding hydrogens is 456 g/mol. The zero-order valence-corrected chi connectivity index (χ0v) is 16.6. The van der Waals surface area contributed by atoms with Crippen molar-refractivity contribution in [2.75, 3.05) is 19.0 Å². The number of amides is 1. The Morgan fingerprint density at radius 3 is 2.32 bits per heavy atom. The molecule has 0 heterocycles. The average Bonchev–Trinajstić information content (AvgIpc) is 2.55. The second-order valence-electron chi connectivity index (χ2n) is 4.72. The van der Waals surface area contributed by atoms with Gasteiger partial charge in [0.15, 0.2) is 6.61 Å². The third kappa shape index (κ3) is 5.25. The number of hydrogen-bond acceptors (Lipinski definition) is 4. The van der Waals surface area contributed by atoms with E-state index in [0.717, 1.165) is 0 Å². The van der Waals surface area contributed by atoms with E-state index in [-0.39, 0.29) is 21.3 Å². The van der Waals surface area contributed by atoms with Crippen molar-refractivity contribution in [3.05, 3.63) is 55.4 Å². The summed E-state index contributed by atoms with van der Waals surface area (Å²) in [7, 11) is 1.51. The number of rotatable bonds is 5. The molecule has 0 bridgehead atoms. The molecule has 132 valence electrons. The number of esters is 1. The Labute approximate surface area is 167 Å². The highest BCUT2D eigenvalue weighted by atomic mass is 79.9. The van der Waals surface area contributed by atoms with Gasteiger partial charge in [0, 0.05) is 5.02 Å². The normalized spacial score (nSPS) is 10.3. The summed E-state index contributed by atoms with van der Waals surface area (Å²) in [5.74, 6) is -0.680. The molecule has 9 heteroatoms. The standard InChI is InChI=1S/C16H11BrCl3NO4/c1-24-13-3-2-8(4-10(13)17)16(23)25-7-14(22)21-15-11(19)5-9(18)6-12(15)20/h2-6H,7H2,1H3,(H,21,22). The summed E-state index contributed by atoms with van der Waals surface area (Å²) in [5.41, 5.74) is 0.462. The van der Waals surface area contributed by atoms with Gasteiger partial charge in [0.05, 0.1) is 32.9 Å². The van der Waals surface area contributed by atoms with Gasteiger partial charge in [-0.3, -0.25) is 4.79 Å². The summed E-state index contributed by atoms with van der Waals surface area (Å²) >= 11 is 21.0. The second-order valence-corrected chi connectivity index (χ2v) is 6.82. The molecule has 0 aliphatic carbocycles. The molecule has 0 atom stereocenters. The van der Waals surface area contributed by atoms with Crippen LogP contribution in [0.4, 0.5) is 5.69 Å². The number of methoxy groups -OCH3 is 1. The third-order valence-electron chi connectivity index (χ3n) is 2.99. The van der Waals surface area contributed by atoms with Crippen LogP contribution in [0.25, 0.3) is 0 Å². The highest BCUT2D eigenvalue weighted by Gasteiger charge is 2.15. The van der Waals surface area contributed by atoms with Crippen LogP contribution in [-0.4, -0.2) is 25.6 Å². The molecule has 0 fully saturated rings. The molecule has 25 heavy (non-hydrogen) atoms. The van der Waals surface area contributed by atoms with Crippen molar-refractivity contribution in [3.8, 4) is 5.75 Å². The number of nitrogens with one attached hydrogen (secondary N) is 1. The molecule has 0 aliphatic rings. The maximum atomic E-state index is 12.0. The van der Waals surface area contributed by atoms with Crippen LogP contribution >= 0.6 is 50.7 Å². The van der Waals surface area contributed by atoms with Gasteiger partial charge in [-0.2, -0.15) is 0 Å². The van der Waals surface area contributed by atoms with Crippen LogP contribution < -0.4 is 10.1 Å². The largest absolute Gasteiger partial charge is 0.496 e. The molecule has 0 unspecified atom stereocenters. The highest BCUT2D eigenvalue weighted by Crippen LogP contribution is 2.33. The molecule has 0 radical (unpaired) electrons. The minimum absolute atomic E-state index is 0.177. The van der Waals surface area contributed by atoms with Crippen LogP contribution in [0.15, 0.2) is 34.8 Å². The van der Waals surface area contributed by atoms with Crippen LogP contribution in [-0.2, 0) is 9.53 Å². The van der Waals surface area contributed by atoms with Crippen molar-refractivity contribution in [2.45, 2.75) is 0 Å². The first-order valence-corrected chi connectivity index (χ1v) is 8.69. The van der Waals surface area contributed by atoms with Gasteiger partial charge in [-0.05, 0) is 46.3 Å². The van der Waals surface area contributed by atoms with E-state index in [0.29, 0.717) is 15.2 Å². The van der Waals surface area contributed by atoms with Crippen molar-refractivity contribution in [3.63, 3.8) is 0 Å². The van der Waals surface area contributed by atoms with E-state index in [1.54, 1.807) is 6.07 Å². The molecule has 2 rings (SSSR count). The number of benzene rings is 2. The zero-order valence-electron chi connectivity index (χ0n) is 12.7. The molecular formula is C16H11BrCl3NO4. The molecule has 0 saturated heterocycles. The molecule has 2 aromatic carbocycles. The van der Waals surface area contributed by atoms with Crippen molar-refractivity contribution in [1.29, 1.82) is 0 Å². The summed E-state index contributed by atoms with van der Waals surface area (Å²) in [6.45, 7) is -0.502. The van der Waals surface area contributed by atoms with Gasteiger partial charge in [-0.1, -0.05) is 34.8 Å². The lowest BCUT2D eigenvalue weighted by molar-refractivity contribution is -0.119. The Morgan fingerprint density at radius 1 is 1.12 bits per heavy atom. The fourth-order valence-corrected chi connectivity index (χ4v) is 3.30. The number of halogens is 4. The second kappa shape index (κ2) is 8.76. The molecule has 1 N–H and O–H groups in total. The summed E-state index contributed by atoms with van der Waals surface area (Å²) in [6, 6.07) is 7.54. The Hall–Kier alpha value is -1.47. The van der Waals surface area contributed by atoms with Gasteiger partial charge in [-0.25, -0.2) is 4.79 Å². The molecule has 0 aromatic heterocycles. The van der Waals surface area contributed by atoms with Crippen LogP contribution in [0.3, 0.4) is 0 Å². The molecule has 0 saturated carbocycles. The van der Waals surface area contributed by atoms with Gasteiger partial charge in [0.25, 0.3) is 5.91 Å². The van der Waals surface area contributed by atoms with Gasteiger partial charge in [0.2, 0.25) is 0 Å². The van der Waals surface area contributed by atoms with E-state index in [2.05, 4.69) is 21.2 Å². The summed E-state index contributed by atoms with van der Waals surface area (Å²) in [4.78, 5) is 23.9. The molecule has 1 amide bonds. The lowest BCUT2D eigenvalue weighted by Gasteiger charge is -2.10. The Balaban J connectivity index is 1.98. The monoisotopic (exact) mass is 465 g/mol. The molecule has 2 aromatic rings. The minimum atomic E-state index is -0.660. The first-order chi connectivity index (χ1) is 11.8. The van der Waals surface area contributed by atoms with Crippen LogP contribution in [0, 0.1) is 0 Å². The van der Waals surface area contributed by atoms with Crippen LogP contribution in [0.2, 0.25) is 15.1 Å². The van der Waals surface area contributed by atoms with Crippen molar-refractivity contribution < 1.29 is 19.1 Å². The van der Waals surface area contributed by atoms with E-state index >= 15 is 0 Å². The minimum Gasteiger partial charge on any atom is -0.496 e. The highest BCUT2D eigenvalue weighted by molar-refractivity contribution is 9.10. The zero-order chi connectivity index (χ0) is 18.6. The average molecular weight is 468 g/mol. The lowest BCUT2D eigenvalue weighted by Crippen LogP contribution is -2.21. The van der Waals surface area contributed by atoms with E-state index in [1.165, 1.54) is 31.4 Å². The van der Waals surface area contributed by atoms with E-state index in [4.69, 9.17) is 44.3 Å². The van der Waals surface area contributed by atoms with Crippen LogP contribution in [0.5, 0.6) is 5.75 Å². The maximum absolute atomic E-state index is 12.0. The number of carbonyl (C=O) groups is 2. The van der Waals surface area contributed by atoms with Gasteiger partial charge >= 0.3 is 5.97 Å². The summed E-state index contributed by atoms with van der Waals surface area (Å²) < 4.78 is 10.6. The van der Waals surface area contributed by atoms with Crippen molar-refractivity contribution in [2.24, 2.45) is 0 Å². The summed E-state index contributed by atoms with van der Waals surface area (Å²) in [6.07, 6.45) is 0. The molecule has 0 spiro atoms. The van der Waals surface area contributed by atoms with Gasteiger partial charge in [-0.15, -0.1) is 0 Å². The van der Waals surface area contributed by atoms with Gasteiger partial charge in [0.1, 0.15) is 5.75 Å². The number of carbonyl (C=O) groups excluding carboxylic acids is 2. The molecule has 5 nitrogen and oxygen atoms in total. The Morgan fingerprint density at radius 2 is 1.76 bits per heavy atom.